The Balaban J connectivity index is 1.13. The van der Waals surface area contributed by atoms with E-state index in [-0.39, 0.29) is 50.8 Å². The van der Waals surface area contributed by atoms with Gasteiger partial charge in [0.1, 0.15) is 0 Å². The van der Waals surface area contributed by atoms with Gasteiger partial charge in [-0.3, -0.25) is 38.6 Å². The van der Waals surface area contributed by atoms with Crippen LogP contribution < -0.4 is 10.6 Å². The number of benzene rings is 2. The van der Waals surface area contributed by atoms with Crippen molar-refractivity contribution in [2.75, 3.05) is 26.2 Å². The van der Waals surface area contributed by atoms with Crippen LogP contribution in [0.4, 0.5) is 0 Å². The molecule has 2 heterocycles. The van der Waals surface area contributed by atoms with Crippen molar-refractivity contribution in [3.05, 3.63) is 70.8 Å². The van der Waals surface area contributed by atoms with E-state index >= 15 is 0 Å². The van der Waals surface area contributed by atoms with Crippen LogP contribution in [0.1, 0.15) is 54.3 Å². The Morgan fingerprint density at radius 1 is 0.559 bits per heavy atom. The van der Waals surface area contributed by atoms with Crippen molar-refractivity contribution in [1.82, 2.24) is 20.4 Å². The van der Waals surface area contributed by atoms with E-state index in [1.807, 2.05) is 0 Å². The highest BCUT2D eigenvalue weighted by atomic mass is 16.2. The number of amides is 6. The second kappa shape index (κ2) is 9.65. The molecule has 34 heavy (non-hydrogen) atoms. The molecule has 2 aliphatic heterocycles. The van der Waals surface area contributed by atoms with Gasteiger partial charge >= 0.3 is 0 Å². The van der Waals surface area contributed by atoms with Crippen molar-refractivity contribution in [2.24, 2.45) is 0 Å². The SMILES string of the molecule is O=C(CCN1C(=O)c2ccccc2C1=O)NCCNC(=O)CCN1C(=O)c2ccccc2C1=O. The first-order chi connectivity index (χ1) is 16.4. The third-order valence-electron chi connectivity index (χ3n) is 5.65. The molecule has 0 saturated heterocycles. The van der Waals surface area contributed by atoms with Crippen LogP contribution >= 0.6 is 0 Å². The monoisotopic (exact) mass is 462 g/mol. The third-order valence-corrected chi connectivity index (χ3v) is 5.65. The van der Waals surface area contributed by atoms with Crippen LogP contribution in [0.15, 0.2) is 48.5 Å². The predicted octanol–water partition coefficient (Wildman–Crippen LogP) is 0.591. The Morgan fingerprint density at radius 3 is 1.15 bits per heavy atom. The minimum absolute atomic E-state index is 0.0369. The van der Waals surface area contributed by atoms with Gasteiger partial charge in [0.15, 0.2) is 0 Å². The fraction of sp³-hybridized carbons (Fsp3) is 0.250. The smallest absolute Gasteiger partial charge is 0.261 e. The first-order valence-electron chi connectivity index (χ1n) is 10.8. The van der Waals surface area contributed by atoms with Crippen molar-refractivity contribution in [3.8, 4) is 0 Å². The number of carbonyl (C=O) groups is 6. The van der Waals surface area contributed by atoms with Crippen molar-refractivity contribution in [2.45, 2.75) is 12.8 Å². The van der Waals surface area contributed by atoms with Crippen LogP contribution in [0, 0.1) is 0 Å². The van der Waals surface area contributed by atoms with Gasteiger partial charge in [0.25, 0.3) is 23.6 Å². The highest BCUT2D eigenvalue weighted by Crippen LogP contribution is 2.23. The average molecular weight is 462 g/mol. The molecule has 10 nitrogen and oxygen atoms in total. The highest BCUT2D eigenvalue weighted by molar-refractivity contribution is 6.22. The van der Waals surface area contributed by atoms with Crippen LogP contribution in [0.5, 0.6) is 0 Å². The first kappa shape index (κ1) is 22.8. The Labute approximate surface area is 194 Å². The van der Waals surface area contributed by atoms with Crippen molar-refractivity contribution in [3.63, 3.8) is 0 Å². The molecule has 2 aromatic carbocycles. The average Bonchev–Trinajstić information content (AvgIpc) is 3.24. The molecule has 10 heteroatoms. The third kappa shape index (κ3) is 4.42. The van der Waals surface area contributed by atoms with E-state index < -0.39 is 23.6 Å². The molecule has 2 aromatic rings. The van der Waals surface area contributed by atoms with Crippen LogP contribution in [0.3, 0.4) is 0 Å². The molecule has 0 bridgehead atoms. The molecule has 0 spiro atoms. The van der Waals surface area contributed by atoms with E-state index in [0.29, 0.717) is 22.3 Å². The Kier molecular flexibility index (Phi) is 6.48. The van der Waals surface area contributed by atoms with Crippen LogP contribution in [0.2, 0.25) is 0 Å². The molecular weight excluding hydrogens is 440 g/mol. The fourth-order valence-corrected chi connectivity index (χ4v) is 3.89. The summed E-state index contributed by atoms with van der Waals surface area (Å²) in [4.78, 5) is 75.4. The van der Waals surface area contributed by atoms with Gasteiger partial charge < -0.3 is 10.6 Å². The molecule has 0 unspecified atom stereocenters. The zero-order chi connectivity index (χ0) is 24.2. The Bertz CT molecular complexity index is 1040. The summed E-state index contributed by atoms with van der Waals surface area (Å²) in [5, 5.41) is 5.23. The maximum atomic E-state index is 12.3. The van der Waals surface area contributed by atoms with Gasteiger partial charge in [0, 0.05) is 39.0 Å². The number of nitrogens with one attached hydrogen (secondary N) is 2. The first-order valence-corrected chi connectivity index (χ1v) is 10.8. The van der Waals surface area contributed by atoms with Gasteiger partial charge in [-0.25, -0.2) is 0 Å². The molecule has 2 aliphatic rings. The zero-order valence-electron chi connectivity index (χ0n) is 18.2. The van der Waals surface area contributed by atoms with Gasteiger partial charge in [-0.1, -0.05) is 24.3 Å². The van der Waals surface area contributed by atoms with Crippen LogP contribution in [-0.2, 0) is 9.59 Å². The lowest BCUT2D eigenvalue weighted by Gasteiger charge is -2.14. The fourth-order valence-electron chi connectivity index (χ4n) is 3.89. The summed E-state index contributed by atoms with van der Waals surface area (Å²) in [5.41, 5.74) is 1.32. The minimum Gasteiger partial charge on any atom is -0.354 e. The number of nitrogens with zero attached hydrogens (tertiary/aromatic N) is 2. The van der Waals surface area contributed by atoms with Gasteiger partial charge in [0.05, 0.1) is 22.3 Å². The minimum atomic E-state index is -0.418. The van der Waals surface area contributed by atoms with Gasteiger partial charge in [-0.15, -0.1) is 0 Å². The molecule has 0 saturated carbocycles. The molecule has 0 atom stereocenters. The molecule has 0 aromatic heterocycles. The highest BCUT2D eigenvalue weighted by Gasteiger charge is 2.36. The second-order valence-electron chi connectivity index (χ2n) is 7.81. The molecule has 6 amide bonds. The Morgan fingerprint density at radius 2 is 0.853 bits per heavy atom. The van der Waals surface area contributed by atoms with Crippen molar-refractivity contribution < 1.29 is 28.8 Å². The summed E-state index contributed by atoms with van der Waals surface area (Å²) >= 11 is 0. The largest absolute Gasteiger partial charge is 0.354 e. The molecule has 4 rings (SSSR count). The lowest BCUT2D eigenvalue weighted by molar-refractivity contribution is -0.123. The number of hydrogen-bond donors (Lipinski definition) is 2. The zero-order valence-corrected chi connectivity index (χ0v) is 18.2. The second-order valence-corrected chi connectivity index (χ2v) is 7.81. The maximum absolute atomic E-state index is 12.3. The standard InChI is InChI=1S/C24H22N4O6/c29-19(9-13-27-21(31)15-5-1-2-6-16(15)22(27)32)25-11-12-26-20(30)10-14-28-23(33)17-7-3-4-8-18(17)24(28)34/h1-8H,9-14H2,(H,25,29)(H,26,30). The summed E-state index contributed by atoms with van der Waals surface area (Å²) in [5.74, 6) is -2.40. The molecule has 0 fully saturated rings. The van der Waals surface area contributed by atoms with Crippen LogP contribution in [-0.4, -0.2) is 71.4 Å². The molecule has 0 radical (unpaired) electrons. The van der Waals surface area contributed by atoms with Crippen molar-refractivity contribution >= 4 is 35.4 Å². The normalized spacial score (nSPS) is 14.4. The number of carbonyl (C=O) groups excluding carboxylic acids is 6. The van der Waals surface area contributed by atoms with Crippen LogP contribution in [0.25, 0.3) is 0 Å². The number of rotatable bonds is 9. The van der Waals surface area contributed by atoms with E-state index in [1.165, 1.54) is 0 Å². The summed E-state index contributed by atoms with van der Waals surface area (Å²) in [7, 11) is 0. The lowest BCUT2D eigenvalue weighted by Crippen LogP contribution is -2.39. The summed E-state index contributed by atoms with van der Waals surface area (Å²) in [6, 6.07) is 13.0. The number of hydrogen-bond acceptors (Lipinski definition) is 6. The number of imide groups is 2. The van der Waals surface area contributed by atoms with E-state index in [1.54, 1.807) is 48.5 Å². The Hall–Kier alpha value is -4.34. The van der Waals surface area contributed by atoms with E-state index in [4.69, 9.17) is 0 Å². The maximum Gasteiger partial charge on any atom is 0.261 e. The molecular formula is C24H22N4O6. The molecule has 174 valence electrons. The van der Waals surface area contributed by atoms with E-state index in [9.17, 15) is 28.8 Å². The molecule has 0 aliphatic carbocycles. The van der Waals surface area contributed by atoms with Gasteiger partial charge in [-0.05, 0) is 24.3 Å². The van der Waals surface area contributed by atoms with Crippen molar-refractivity contribution in [1.29, 1.82) is 0 Å². The lowest BCUT2D eigenvalue weighted by atomic mass is 10.1. The van der Waals surface area contributed by atoms with E-state index in [0.717, 1.165) is 9.80 Å². The number of fused-ring (bicyclic) bond motifs is 2. The summed E-state index contributed by atoms with van der Waals surface area (Å²) in [6.07, 6.45) is -0.113. The van der Waals surface area contributed by atoms with Gasteiger partial charge in [0.2, 0.25) is 11.8 Å². The predicted molar refractivity (Wildman–Crippen MR) is 119 cm³/mol. The van der Waals surface area contributed by atoms with E-state index in [2.05, 4.69) is 10.6 Å². The summed E-state index contributed by atoms with van der Waals surface area (Å²) in [6.45, 7) is 0.231. The quantitative estimate of drug-likeness (QED) is 0.414. The molecule has 2 N–H and O–H groups in total. The topological polar surface area (TPSA) is 133 Å². The van der Waals surface area contributed by atoms with Gasteiger partial charge in [-0.2, -0.15) is 0 Å². The summed E-state index contributed by atoms with van der Waals surface area (Å²) < 4.78 is 0.